The zero-order valence-corrected chi connectivity index (χ0v) is 12.4. The molecule has 1 aromatic rings. The van der Waals surface area contributed by atoms with E-state index in [4.69, 9.17) is 7.85 Å². The van der Waals surface area contributed by atoms with Crippen LogP contribution in [0, 0.1) is 17.0 Å². The van der Waals surface area contributed by atoms with Crippen LogP contribution in [0.15, 0.2) is 12.1 Å². The third-order valence-corrected chi connectivity index (χ3v) is 2.58. The van der Waals surface area contributed by atoms with Gasteiger partial charge in [-0.25, -0.2) is 4.79 Å². The number of carbonyl (C=O) groups excluding carboxylic acids is 1. The van der Waals surface area contributed by atoms with Gasteiger partial charge in [0.25, 0.3) is 5.69 Å². The lowest BCUT2D eigenvalue weighted by molar-refractivity contribution is -0.384. The zero-order valence-electron chi connectivity index (χ0n) is 12.4. The highest BCUT2D eigenvalue weighted by atomic mass is 16.6. The minimum atomic E-state index is -0.684. The minimum absolute atomic E-state index is 0.134. The Labute approximate surface area is 120 Å². The molecule has 0 fully saturated rings. The molecule has 0 amide bonds. The Morgan fingerprint density at radius 1 is 1.45 bits per heavy atom. The number of anilines is 1. The van der Waals surface area contributed by atoms with Crippen LogP contribution in [-0.4, -0.2) is 31.9 Å². The van der Waals surface area contributed by atoms with E-state index in [2.05, 4.69) is 10.1 Å². The van der Waals surface area contributed by atoms with E-state index in [1.165, 1.54) is 13.2 Å². The molecule has 0 bridgehead atoms. The predicted molar refractivity (Wildman–Crippen MR) is 79.7 cm³/mol. The van der Waals surface area contributed by atoms with Crippen molar-refractivity contribution in [3.63, 3.8) is 0 Å². The van der Waals surface area contributed by atoms with Gasteiger partial charge in [-0.15, -0.1) is 0 Å². The Hall–Kier alpha value is -2.05. The molecule has 0 aliphatic carbocycles. The molecule has 1 unspecified atom stereocenters. The van der Waals surface area contributed by atoms with E-state index in [0.717, 1.165) is 0 Å². The topological polar surface area (TPSA) is 81.5 Å². The van der Waals surface area contributed by atoms with Gasteiger partial charge in [0.15, 0.2) is 0 Å². The number of ether oxygens (including phenoxy) is 1. The molecule has 2 radical (unpaired) electrons. The van der Waals surface area contributed by atoms with Crippen LogP contribution in [0.3, 0.4) is 0 Å². The molecule has 7 heteroatoms. The molecule has 0 saturated heterocycles. The smallest absolute Gasteiger partial charge is 0.327 e. The minimum Gasteiger partial charge on any atom is -0.467 e. The highest BCUT2D eigenvalue weighted by molar-refractivity contribution is 6.33. The molecule has 0 aliphatic heterocycles. The fourth-order valence-electron chi connectivity index (χ4n) is 1.54. The fraction of sp³-hybridized carbons (Fsp3) is 0.462. The maximum Gasteiger partial charge on any atom is 0.327 e. The number of benzene rings is 1. The maximum atomic E-state index is 11.3. The van der Waals surface area contributed by atoms with Crippen LogP contribution in [0.5, 0.6) is 0 Å². The van der Waals surface area contributed by atoms with Gasteiger partial charge in [-0.2, -0.15) is 0 Å². The molecule has 0 saturated carbocycles. The van der Waals surface area contributed by atoms with E-state index in [-0.39, 0.29) is 11.4 Å². The van der Waals surface area contributed by atoms with Crippen molar-refractivity contribution in [1.29, 1.82) is 0 Å². The Morgan fingerprint density at radius 2 is 2.00 bits per heavy atom. The summed E-state index contributed by atoms with van der Waals surface area (Å²) in [5.41, 5.74) is 0.801. The molecule has 0 aromatic heterocycles. The summed E-state index contributed by atoms with van der Waals surface area (Å²) in [5, 5.41) is 13.7. The summed E-state index contributed by atoms with van der Waals surface area (Å²) < 4.78 is 4.54. The van der Waals surface area contributed by atoms with Crippen molar-refractivity contribution in [2.75, 3.05) is 12.4 Å². The normalized spacial score (nSPS) is 10.8. The summed E-state index contributed by atoms with van der Waals surface area (Å²) in [4.78, 5) is 21.7. The second kappa shape index (κ2) is 8.19. The molecule has 0 aliphatic rings. The number of hydrogen-bond acceptors (Lipinski definition) is 5. The molecule has 1 atom stereocenters. The zero-order chi connectivity index (χ0) is 15.9. The van der Waals surface area contributed by atoms with Gasteiger partial charge in [0.05, 0.1) is 12.0 Å². The maximum absolute atomic E-state index is 11.3. The van der Waals surface area contributed by atoms with E-state index in [9.17, 15) is 14.9 Å². The van der Waals surface area contributed by atoms with Gasteiger partial charge in [-0.1, -0.05) is 25.4 Å². The van der Waals surface area contributed by atoms with Crippen LogP contribution in [0.4, 0.5) is 11.4 Å². The van der Waals surface area contributed by atoms with Gasteiger partial charge in [-0.3, -0.25) is 10.1 Å². The van der Waals surface area contributed by atoms with E-state index in [0.29, 0.717) is 11.0 Å². The average molecular weight is 278 g/mol. The first-order chi connectivity index (χ1) is 9.38. The second-order valence-corrected chi connectivity index (χ2v) is 3.82. The summed E-state index contributed by atoms with van der Waals surface area (Å²) in [7, 11) is 6.87. The molecule has 0 heterocycles. The number of nitrogens with one attached hydrogen (secondary N) is 1. The van der Waals surface area contributed by atoms with Crippen molar-refractivity contribution in [1.82, 2.24) is 0 Å². The average Bonchev–Trinajstić information content (AvgIpc) is 2.43. The Kier molecular flexibility index (Phi) is 7.35. The summed E-state index contributed by atoms with van der Waals surface area (Å²) in [6, 6.07) is 2.34. The number of carbonyl (C=O) groups is 1. The van der Waals surface area contributed by atoms with Crippen molar-refractivity contribution in [3.05, 3.63) is 27.8 Å². The van der Waals surface area contributed by atoms with Crippen molar-refractivity contribution >= 4 is 30.7 Å². The van der Waals surface area contributed by atoms with Crippen LogP contribution < -0.4 is 10.8 Å². The fourth-order valence-corrected chi connectivity index (χ4v) is 1.54. The van der Waals surface area contributed by atoms with Crippen LogP contribution in [0.25, 0.3) is 0 Å². The summed E-state index contributed by atoms with van der Waals surface area (Å²) in [6.45, 7) is 7.11. The lowest BCUT2D eigenvalue weighted by Gasteiger charge is -2.14. The quantitative estimate of drug-likeness (QED) is 0.392. The van der Waals surface area contributed by atoms with Crippen molar-refractivity contribution < 1.29 is 14.5 Å². The van der Waals surface area contributed by atoms with Crippen molar-refractivity contribution in [3.8, 4) is 0 Å². The Morgan fingerprint density at radius 3 is 2.45 bits per heavy atom. The van der Waals surface area contributed by atoms with E-state index >= 15 is 0 Å². The van der Waals surface area contributed by atoms with E-state index in [1.54, 1.807) is 19.9 Å². The molecular formula is C13H19BN2O4. The van der Waals surface area contributed by atoms with Crippen molar-refractivity contribution in [2.24, 2.45) is 0 Å². The van der Waals surface area contributed by atoms with Gasteiger partial charge in [0.2, 0.25) is 0 Å². The number of nitrogens with zero attached hydrogens (tertiary/aromatic N) is 1. The first-order valence-electron chi connectivity index (χ1n) is 6.26. The highest BCUT2D eigenvalue weighted by Gasteiger charge is 2.22. The number of rotatable bonds is 4. The first kappa shape index (κ1) is 18.0. The van der Waals surface area contributed by atoms with Gasteiger partial charge >= 0.3 is 5.97 Å². The van der Waals surface area contributed by atoms with Crippen LogP contribution >= 0.6 is 0 Å². The number of nitro benzene ring substituents is 1. The van der Waals surface area contributed by atoms with Gasteiger partial charge in [-0.05, 0) is 19.9 Å². The van der Waals surface area contributed by atoms with Crippen molar-refractivity contribution in [2.45, 2.75) is 33.7 Å². The van der Waals surface area contributed by atoms with Crippen LogP contribution in [0.2, 0.25) is 0 Å². The lowest BCUT2D eigenvalue weighted by atomic mass is 9.89. The Balaban J connectivity index is 0.00000172. The summed E-state index contributed by atoms with van der Waals surface area (Å²) in [6.07, 6.45) is 0. The molecule has 1 N–H and O–H groups in total. The van der Waals surface area contributed by atoms with E-state index < -0.39 is 16.9 Å². The third-order valence-electron chi connectivity index (χ3n) is 2.58. The van der Waals surface area contributed by atoms with Gasteiger partial charge < -0.3 is 10.1 Å². The number of methoxy groups -OCH3 is 1. The number of esters is 1. The van der Waals surface area contributed by atoms with Crippen LogP contribution in [0.1, 0.15) is 26.3 Å². The largest absolute Gasteiger partial charge is 0.467 e. The van der Waals surface area contributed by atoms with E-state index in [1.807, 2.05) is 13.8 Å². The molecule has 1 aromatic carbocycles. The third kappa shape index (κ3) is 4.26. The number of nitro groups is 1. The summed E-state index contributed by atoms with van der Waals surface area (Å²) in [5.74, 6) is -0.501. The lowest BCUT2D eigenvalue weighted by Crippen LogP contribution is -2.28. The molecular weight excluding hydrogens is 259 g/mol. The predicted octanol–water partition coefficient (Wildman–Crippen LogP) is 1.70. The second-order valence-electron chi connectivity index (χ2n) is 3.82. The van der Waals surface area contributed by atoms with Gasteiger partial charge in [0.1, 0.15) is 19.6 Å². The molecule has 1 rings (SSSR count). The molecule has 108 valence electrons. The molecule has 0 spiro atoms. The van der Waals surface area contributed by atoms with Gasteiger partial charge in [0, 0.05) is 5.56 Å². The standard InChI is InChI=1S/C11H13BN2O4.C2H6/c1-6-8(12)4-5-9(10(6)14(16)17)13-7(2)11(15)18-3;1-2/h4-5,7,13H,1-3H3;1-2H3. The molecule has 6 nitrogen and oxygen atoms in total. The number of hydrogen-bond donors (Lipinski definition) is 1. The Bertz CT molecular complexity index is 492. The summed E-state index contributed by atoms with van der Waals surface area (Å²) >= 11 is 0. The first-order valence-corrected chi connectivity index (χ1v) is 6.26. The highest BCUT2D eigenvalue weighted by Crippen LogP contribution is 2.27. The SMILES string of the molecule is CC.[B]c1ccc(NC(C)C(=O)OC)c([N+](=O)[O-])c1C. The molecule has 20 heavy (non-hydrogen) atoms. The monoisotopic (exact) mass is 278 g/mol. The van der Waals surface area contributed by atoms with Crippen LogP contribution in [-0.2, 0) is 9.53 Å².